The number of hydrogen-bond donors (Lipinski definition) is 0. The third kappa shape index (κ3) is 2.00. The van der Waals surface area contributed by atoms with E-state index in [9.17, 15) is 9.59 Å². The third-order valence-corrected chi connectivity index (χ3v) is 5.76. The zero-order valence-electron chi connectivity index (χ0n) is 14.2. The monoisotopic (exact) mass is 340 g/mol. The number of nitrogens with zero attached hydrogens (tertiary/aromatic N) is 2. The maximum Gasteiger partial charge on any atom is 0.254 e. The van der Waals surface area contributed by atoms with Crippen molar-refractivity contribution in [3.63, 3.8) is 0 Å². The number of ether oxygens (including phenoxy) is 1. The maximum absolute atomic E-state index is 13.1. The van der Waals surface area contributed by atoms with Crippen molar-refractivity contribution in [3.8, 4) is 0 Å². The number of hydrogen-bond acceptors (Lipinski definition) is 4. The van der Waals surface area contributed by atoms with E-state index in [2.05, 4.69) is 0 Å². The van der Waals surface area contributed by atoms with Gasteiger partial charge in [0, 0.05) is 30.5 Å². The highest BCUT2D eigenvalue weighted by Gasteiger charge is 2.61. The zero-order valence-corrected chi connectivity index (χ0v) is 14.2. The minimum atomic E-state index is -0.596. The summed E-state index contributed by atoms with van der Waals surface area (Å²) in [5, 5.41) is 0.926. The second kappa shape index (κ2) is 5.08. The van der Waals surface area contributed by atoms with Crippen LogP contribution in [0.4, 0.5) is 0 Å². The Morgan fingerprint density at radius 3 is 3.04 bits per heavy atom. The van der Waals surface area contributed by atoms with Crippen LogP contribution in [0, 0.1) is 6.92 Å². The summed E-state index contributed by atoms with van der Waals surface area (Å²) in [6, 6.07) is 7.26. The topological polar surface area (TPSA) is 63.0 Å². The lowest BCUT2D eigenvalue weighted by molar-refractivity contribution is -0.179. The maximum atomic E-state index is 13.1. The molecular formula is C19H20N2O4. The van der Waals surface area contributed by atoms with Crippen molar-refractivity contribution < 1.29 is 18.7 Å². The number of likely N-dealkylation sites (tertiary alicyclic amines) is 1. The highest BCUT2D eigenvalue weighted by Crippen LogP contribution is 2.45. The Kier molecular flexibility index (Phi) is 3.04. The molecular weight excluding hydrogens is 320 g/mol. The molecule has 2 atom stereocenters. The number of furan rings is 1. The first-order valence-corrected chi connectivity index (χ1v) is 8.84. The second-order valence-electron chi connectivity index (χ2n) is 7.17. The Morgan fingerprint density at radius 2 is 2.16 bits per heavy atom. The number of carbonyl (C=O) groups excluding carboxylic acids is 2. The number of aryl methyl sites for hydroxylation is 1. The van der Waals surface area contributed by atoms with Gasteiger partial charge in [0.15, 0.2) is 5.72 Å². The number of rotatable bonds is 1. The summed E-state index contributed by atoms with van der Waals surface area (Å²) in [6.45, 7) is 3.90. The normalized spacial score (nSPS) is 28.5. The third-order valence-electron chi connectivity index (χ3n) is 5.76. The molecule has 0 radical (unpaired) electrons. The summed E-state index contributed by atoms with van der Waals surface area (Å²) < 4.78 is 11.7. The van der Waals surface area contributed by atoms with Crippen molar-refractivity contribution in [1.82, 2.24) is 9.80 Å². The highest BCUT2D eigenvalue weighted by molar-refractivity contribution is 5.99. The standard InChI is InChI=1S/C19H20N2O4/c1-12-9-14-10-13(3-4-15(14)25-12)18(23)20-7-5-19-16(20)11-17(22)21(19)6-2-8-24-19/h3-4,9-10,16H,2,5-8,11H2,1H3/t16-,19+/m1/s1. The molecule has 6 heteroatoms. The summed E-state index contributed by atoms with van der Waals surface area (Å²) >= 11 is 0. The van der Waals surface area contributed by atoms with Crippen LogP contribution in [0.2, 0.25) is 0 Å². The van der Waals surface area contributed by atoms with Crippen LogP contribution < -0.4 is 0 Å². The van der Waals surface area contributed by atoms with Crippen LogP contribution >= 0.6 is 0 Å². The van der Waals surface area contributed by atoms with Crippen molar-refractivity contribution in [2.45, 2.75) is 38.0 Å². The fourth-order valence-corrected chi connectivity index (χ4v) is 4.67. The van der Waals surface area contributed by atoms with Crippen molar-refractivity contribution in [2.75, 3.05) is 19.7 Å². The van der Waals surface area contributed by atoms with Gasteiger partial charge in [-0.2, -0.15) is 0 Å². The molecule has 2 aromatic rings. The van der Waals surface area contributed by atoms with E-state index in [4.69, 9.17) is 9.15 Å². The molecule has 4 heterocycles. The van der Waals surface area contributed by atoms with Gasteiger partial charge in [-0.05, 0) is 37.6 Å². The molecule has 0 unspecified atom stereocenters. The summed E-state index contributed by atoms with van der Waals surface area (Å²) in [4.78, 5) is 29.2. The molecule has 130 valence electrons. The Hall–Kier alpha value is -2.34. The zero-order chi connectivity index (χ0) is 17.2. The van der Waals surface area contributed by atoms with Gasteiger partial charge in [-0.25, -0.2) is 0 Å². The molecule has 0 bridgehead atoms. The van der Waals surface area contributed by atoms with Crippen LogP contribution in [0.25, 0.3) is 11.0 Å². The summed E-state index contributed by atoms with van der Waals surface area (Å²) in [7, 11) is 0. The quantitative estimate of drug-likeness (QED) is 0.799. The first-order valence-electron chi connectivity index (χ1n) is 8.84. The van der Waals surface area contributed by atoms with E-state index in [-0.39, 0.29) is 17.9 Å². The van der Waals surface area contributed by atoms with E-state index in [1.807, 2.05) is 34.9 Å². The van der Waals surface area contributed by atoms with E-state index in [1.54, 1.807) is 6.07 Å². The first kappa shape index (κ1) is 15.0. The fourth-order valence-electron chi connectivity index (χ4n) is 4.67. The summed E-state index contributed by atoms with van der Waals surface area (Å²) in [5.41, 5.74) is 0.818. The van der Waals surface area contributed by atoms with Crippen molar-refractivity contribution in [3.05, 3.63) is 35.6 Å². The molecule has 6 nitrogen and oxygen atoms in total. The van der Waals surface area contributed by atoms with E-state index in [0.717, 1.165) is 29.7 Å². The minimum Gasteiger partial charge on any atom is -0.461 e. The molecule has 3 saturated heterocycles. The van der Waals surface area contributed by atoms with Gasteiger partial charge in [0.05, 0.1) is 19.1 Å². The van der Waals surface area contributed by atoms with E-state index >= 15 is 0 Å². The van der Waals surface area contributed by atoms with Crippen molar-refractivity contribution in [1.29, 1.82) is 0 Å². The lowest BCUT2D eigenvalue weighted by Crippen LogP contribution is -2.56. The number of benzene rings is 1. The largest absolute Gasteiger partial charge is 0.461 e. The van der Waals surface area contributed by atoms with Crippen molar-refractivity contribution in [2.24, 2.45) is 0 Å². The average Bonchev–Trinajstić information content (AvgIpc) is 3.22. The predicted molar refractivity (Wildman–Crippen MR) is 90.0 cm³/mol. The molecule has 2 amide bonds. The van der Waals surface area contributed by atoms with Crippen LogP contribution in [-0.4, -0.2) is 53.1 Å². The number of fused-ring (bicyclic) bond motifs is 1. The highest BCUT2D eigenvalue weighted by atomic mass is 16.5. The van der Waals surface area contributed by atoms with E-state index < -0.39 is 5.72 Å². The SMILES string of the molecule is Cc1cc2cc(C(=O)N3CC[C@@]45OCCCN4C(=O)C[C@@H]35)ccc2o1. The first-order chi connectivity index (χ1) is 12.1. The van der Waals surface area contributed by atoms with Crippen LogP contribution in [0.5, 0.6) is 0 Å². The molecule has 1 aromatic carbocycles. The minimum absolute atomic E-state index is 0.0357. The lowest BCUT2D eigenvalue weighted by Gasteiger charge is -2.42. The van der Waals surface area contributed by atoms with Gasteiger partial charge >= 0.3 is 0 Å². The molecule has 25 heavy (non-hydrogen) atoms. The second-order valence-corrected chi connectivity index (χ2v) is 7.17. The average molecular weight is 340 g/mol. The van der Waals surface area contributed by atoms with Gasteiger partial charge in [-0.3, -0.25) is 9.59 Å². The van der Waals surface area contributed by atoms with Crippen LogP contribution in [0.1, 0.15) is 35.4 Å². The molecule has 0 saturated carbocycles. The summed E-state index contributed by atoms with van der Waals surface area (Å²) in [5.74, 6) is 0.891. The fraction of sp³-hybridized carbons (Fsp3) is 0.474. The summed E-state index contributed by atoms with van der Waals surface area (Å²) in [6.07, 6.45) is 1.92. The van der Waals surface area contributed by atoms with Crippen LogP contribution in [0.3, 0.4) is 0 Å². The van der Waals surface area contributed by atoms with Gasteiger partial charge in [-0.15, -0.1) is 0 Å². The molecule has 3 aliphatic rings. The molecule has 0 aliphatic carbocycles. The molecule has 3 fully saturated rings. The molecule has 1 spiro atoms. The number of amides is 2. The molecule has 1 aromatic heterocycles. The molecule has 3 aliphatic heterocycles. The molecule has 0 N–H and O–H groups in total. The predicted octanol–water partition coefficient (Wildman–Crippen LogP) is 2.30. The molecule has 5 rings (SSSR count). The lowest BCUT2D eigenvalue weighted by atomic mass is 10.0. The van der Waals surface area contributed by atoms with Gasteiger partial charge < -0.3 is 19.0 Å². The van der Waals surface area contributed by atoms with Gasteiger partial charge in [-0.1, -0.05) is 0 Å². The Labute approximate surface area is 145 Å². The van der Waals surface area contributed by atoms with Crippen LogP contribution in [0.15, 0.2) is 28.7 Å². The Morgan fingerprint density at radius 1 is 1.28 bits per heavy atom. The van der Waals surface area contributed by atoms with Gasteiger partial charge in [0.2, 0.25) is 5.91 Å². The Balaban J connectivity index is 1.48. The van der Waals surface area contributed by atoms with Gasteiger partial charge in [0.25, 0.3) is 5.91 Å². The van der Waals surface area contributed by atoms with E-state index in [0.29, 0.717) is 31.6 Å². The van der Waals surface area contributed by atoms with Gasteiger partial charge in [0.1, 0.15) is 11.3 Å². The smallest absolute Gasteiger partial charge is 0.254 e. The Bertz CT molecular complexity index is 889. The van der Waals surface area contributed by atoms with Crippen LogP contribution in [-0.2, 0) is 9.53 Å². The van der Waals surface area contributed by atoms with Crippen molar-refractivity contribution >= 4 is 22.8 Å². The number of carbonyl (C=O) groups is 2. The van der Waals surface area contributed by atoms with E-state index in [1.165, 1.54) is 0 Å².